The highest BCUT2D eigenvalue weighted by Crippen LogP contribution is 2.27. The van der Waals surface area contributed by atoms with Crippen molar-refractivity contribution >= 4 is 11.8 Å². The average Bonchev–Trinajstić information content (AvgIpc) is 2.85. The van der Waals surface area contributed by atoms with Gasteiger partial charge in [-0.25, -0.2) is 0 Å². The molecule has 2 unspecified atom stereocenters. The molecular formula is C30H50N4O3. The molecule has 0 spiro atoms. The second-order valence-corrected chi connectivity index (χ2v) is 12.2. The molecule has 208 valence electrons. The zero-order valence-corrected chi connectivity index (χ0v) is 24.5. The molecule has 3 N–H and O–H groups in total. The fourth-order valence-corrected chi connectivity index (χ4v) is 4.82. The van der Waals surface area contributed by atoms with E-state index >= 15 is 0 Å². The topological polar surface area (TPSA) is 82.7 Å². The van der Waals surface area contributed by atoms with Crippen molar-refractivity contribution in [1.29, 1.82) is 0 Å². The van der Waals surface area contributed by atoms with E-state index in [-0.39, 0.29) is 40.6 Å². The van der Waals surface area contributed by atoms with Gasteiger partial charge in [0.25, 0.3) is 0 Å². The minimum Gasteiger partial charge on any atom is -0.378 e. The number of hydrogen-bond acceptors (Lipinski definition) is 5. The van der Waals surface area contributed by atoms with Gasteiger partial charge in [-0.2, -0.15) is 0 Å². The quantitative estimate of drug-likeness (QED) is 0.394. The standard InChI is InChI=1S/C30H50N4O3/c1-21(2)24(19-22(3)28(36)34-15-17-37-18-16-34)33-27(35)26(29(4,5)6)32-20-25(31-9)30(7,8)23-13-11-10-12-14-23/h10-14,19,21,24-26,31-32H,15-18,20H2,1-9H3,(H,33,35)/b22-19+/t24-,25?,26?/m1/s1. The fraction of sp³-hybridized carbons (Fsp3) is 0.667. The van der Waals surface area contributed by atoms with E-state index in [0.29, 0.717) is 38.4 Å². The number of morpholine rings is 1. The lowest BCUT2D eigenvalue weighted by Gasteiger charge is -2.38. The lowest BCUT2D eigenvalue weighted by molar-refractivity contribution is -0.131. The molecule has 0 saturated carbocycles. The number of nitrogens with one attached hydrogen (secondary N) is 3. The predicted molar refractivity (Wildman–Crippen MR) is 151 cm³/mol. The lowest BCUT2D eigenvalue weighted by atomic mass is 9.77. The monoisotopic (exact) mass is 514 g/mol. The maximum absolute atomic E-state index is 13.6. The number of amides is 2. The molecule has 1 heterocycles. The molecule has 1 aromatic rings. The van der Waals surface area contributed by atoms with E-state index < -0.39 is 6.04 Å². The second kappa shape index (κ2) is 13.5. The van der Waals surface area contributed by atoms with Gasteiger partial charge in [0.1, 0.15) is 0 Å². The van der Waals surface area contributed by atoms with Crippen molar-refractivity contribution in [3.63, 3.8) is 0 Å². The number of ether oxygens (including phenoxy) is 1. The van der Waals surface area contributed by atoms with Gasteiger partial charge in [0.05, 0.1) is 25.3 Å². The van der Waals surface area contributed by atoms with E-state index in [1.165, 1.54) is 5.56 Å². The Kier molecular flexibility index (Phi) is 11.3. The van der Waals surface area contributed by atoms with Crippen LogP contribution in [-0.2, 0) is 19.7 Å². The van der Waals surface area contributed by atoms with Crippen LogP contribution in [0.25, 0.3) is 0 Å². The molecule has 2 amide bonds. The summed E-state index contributed by atoms with van der Waals surface area (Å²) in [5.74, 6) is 0.0919. The van der Waals surface area contributed by atoms with Crippen LogP contribution in [0.2, 0.25) is 0 Å². The molecule has 1 aliphatic heterocycles. The predicted octanol–water partition coefficient (Wildman–Crippen LogP) is 3.50. The SMILES string of the molecule is CNC(CNC(C(=O)N[C@H](/C=C(\C)C(=O)N1CCOCC1)C(C)C)C(C)(C)C)C(C)(C)c1ccccc1. The van der Waals surface area contributed by atoms with Crippen molar-refractivity contribution in [2.24, 2.45) is 11.3 Å². The van der Waals surface area contributed by atoms with E-state index in [1.54, 1.807) is 0 Å². The van der Waals surface area contributed by atoms with E-state index in [0.717, 1.165) is 0 Å². The summed E-state index contributed by atoms with van der Waals surface area (Å²) < 4.78 is 5.37. The first-order valence-electron chi connectivity index (χ1n) is 13.6. The summed E-state index contributed by atoms with van der Waals surface area (Å²) in [6.07, 6.45) is 1.91. The second-order valence-electron chi connectivity index (χ2n) is 12.2. The van der Waals surface area contributed by atoms with Crippen LogP contribution in [0, 0.1) is 11.3 Å². The summed E-state index contributed by atoms with van der Waals surface area (Å²) in [5.41, 5.74) is 1.46. The summed E-state index contributed by atoms with van der Waals surface area (Å²) in [5, 5.41) is 10.3. The molecular weight excluding hydrogens is 464 g/mol. The maximum atomic E-state index is 13.6. The Balaban J connectivity index is 2.15. The number of benzene rings is 1. The van der Waals surface area contributed by atoms with Crippen LogP contribution in [-0.4, -0.2) is 74.7 Å². The normalized spacial score (nSPS) is 17.9. The first-order valence-corrected chi connectivity index (χ1v) is 13.6. The Bertz CT molecular complexity index is 899. The fourth-order valence-electron chi connectivity index (χ4n) is 4.82. The van der Waals surface area contributed by atoms with E-state index in [9.17, 15) is 9.59 Å². The molecule has 7 heteroatoms. The van der Waals surface area contributed by atoms with Crippen LogP contribution in [0.3, 0.4) is 0 Å². The van der Waals surface area contributed by atoms with Crippen molar-refractivity contribution in [1.82, 2.24) is 20.9 Å². The third kappa shape index (κ3) is 8.66. The number of nitrogens with zero attached hydrogens (tertiary/aromatic N) is 1. The van der Waals surface area contributed by atoms with Gasteiger partial charge in [-0.1, -0.05) is 84.9 Å². The Morgan fingerprint density at radius 3 is 2.16 bits per heavy atom. The first-order chi connectivity index (χ1) is 17.3. The van der Waals surface area contributed by atoms with Crippen LogP contribution in [0.15, 0.2) is 42.0 Å². The van der Waals surface area contributed by atoms with Crippen molar-refractivity contribution in [3.8, 4) is 0 Å². The smallest absolute Gasteiger partial charge is 0.249 e. The number of likely N-dealkylation sites (N-methyl/N-ethyl adjacent to an activating group) is 1. The minimum absolute atomic E-state index is 0.00806. The molecule has 7 nitrogen and oxygen atoms in total. The van der Waals surface area contributed by atoms with Gasteiger partial charge < -0.3 is 25.6 Å². The molecule has 1 aromatic carbocycles. The summed E-state index contributed by atoms with van der Waals surface area (Å²) >= 11 is 0. The van der Waals surface area contributed by atoms with Crippen molar-refractivity contribution in [2.75, 3.05) is 39.9 Å². The molecule has 37 heavy (non-hydrogen) atoms. The van der Waals surface area contributed by atoms with Crippen LogP contribution >= 0.6 is 0 Å². The summed E-state index contributed by atoms with van der Waals surface area (Å²) in [7, 11) is 1.97. The van der Waals surface area contributed by atoms with Gasteiger partial charge >= 0.3 is 0 Å². The van der Waals surface area contributed by atoms with E-state index in [2.05, 4.69) is 88.7 Å². The zero-order valence-electron chi connectivity index (χ0n) is 24.5. The Morgan fingerprint density at radius 2 is 1.65 bits per heavy atom. The third-order valence-corrected chi connectivity index (χ3v) is 7.48. The minimum atomic E-state index is -0.403. The lowest BCUT2D eigenvalue weighted by Crippen LogP contribution is -2.58. The van der Waals surface area contributed by atoms with Crippen LogP contribution < -0.4 is 16.0 Å². The molecule has 1 saturated heterocycles. The molecule has 0 aromatic heterocycles. The Hall–Kier alpha value is -2.22. The van der Waals surface area contributed by atoms with Crippen molar-refractivity contribution in [3.05, 3.63) is 47.5 Å². The molecule has 0 radical (unpaired) electrons. The number of carbonyl (C=O) groups excluding carboxylic acids is 2. The van der Waals surface area contributed by atoms with Gasteiger partial charge in [-0.15, -0.1) is 0 Å². The van der Waals surface area contributed by atoms with Gasteiger partial charge in [-0.3, -0.25) is 9.59 Å². The van der Waals surface area contributed by atoms with Crippen molar-refractivity contribution in [2.45, 2.75) is 78.9 Å². The summed E-state index contributed by atoms with van der Waals surface area (Å²) in [4.78, 5) is 28.4. The van der Waals surface area contributed by atoms with Gasteiger partial charge in [0.15, 0.2) is 0 Å². The van der Waals surface area contributed by atoms with E-state index in [1.807, 2.05) is 31.0 Å². The van der Waals surface area contributed by atoms with Crippen LogP contribution in [0.1, 0.15) is 61.0 Å². The molecule has 2 rings (SSSR count). The van der Waals surface area contributed by atoms with Gasteiger partial charge in [0, 0.05) is 36.7 Å². The first kappa shape index (κ1) is 31.0. The van der Waals surface area contributed by atoms with Crippen LogP contribution in [0.5, 0.6) is 0 Å². The Morgan fingerprint density at radius 1 is 1.05 bits per heavy atom. The average molecular weight is 515 g/mol. The molecule has 1 fully saturated rings. The Labute approximate surface area is 224 Å². The van der Waals surface area contributed by atoms with Crippen LogP contribution in [0.4, 0.5) is 0 Å². The molecule has 0 aliphatic carbocycles. The maximum Gasteiger partial charge on any atom is 0.249 e. The molecule has 1 aliphatic rings. The van der Waals surface area contributed by atoms with Gasteiger partial charge in [-0.05, 0) is 30.9 Å². The van der Waals surface area contributed by atoms with E-state index in [4.69, 9.17) is 4.74 Å². The van der Waals surface area contributed by atoms with Gasteiger partial charge in [0.2, 0.25) is 11.8 Å². The largest absolute Gasteiger partial charge is 0.378 e. The zero-order chi connectivity index (χ0) is 27.8. The number of carbonyl (C=O) groups is 2. The number of rotatable bonds is 11. The summed E-state index contributed by atoms with van der Waals surface area (Å²) in [6, 6.07) is 9.92. The number of hydrogen-bond donors (Lipinski definition) is 3. The third-order valence-electron chi connectivity index (χ3n) is 7.48. The van der Waals surface area contributed by atoms with Crippen molar-refractivity contribution < 1.29 is 14.3 Å². The molecule has 3 atom stereocenters. The summed E-state index contributed by atoms with van der Waals surface area (Å²) in [6.45, 7) is 19.6. The molecule has 0 bridgehead atoms. The highest BCUT2D eigenvalue weighted by Gasteiger charge is 2.36. The highest BCUT2D eigenvalue weighted by atomic mass is 16.5. The highest BCUT2D eigenvalue weighted by molar-refractivity contribution is 5.93.